The van der Waals surface area contributed by atoms with Crippen LogP contribution in [-0.4, -0.2) is 19.8 Å². The SMILES string of the molecule is CS(=O)(=O)Nc1ccccc1NCc1cccc(Cl)c1O. The summed E-state index contributed by atoms with van der Waals surface area (Å²) in [6.45, 7) is 0.314. The van der Waals surface area contributed by atoms with Gasteiger partial charge in [0.15, 0.2) is 0 Å². The number of hydrogen-bond donors (Lipinski definition) is 3. The van der Waals surface area contributed by atoms with Gasteiger partial charge in [-0.25, -0.2) is 8.42 Å². The van der Waals surface area contributed by atoms with Gasteiger partial charge in [0, 0.05) is 12.1 Å². The first-order valence-electron chi connectivity index (χ1n) is 6.14. The molecule has 0 heterocycles. The molecule has 0 bridgehead atoms. The van der Waals surface area contributed by atoms with E-state index in [1.807, 2.05) is 0 Å². The predicted molar refractivity (Wildman–Crippen MR) is 85.4 cm³/mol. The number of nitrogens with one attached hydrogen (secondary N) is 2. The third-order valence-electron chi connectivity index (χ3n) is 2.76. The zero-order chi connectivity index (χ0) is 15.5. The molecule has 0 fully saturated rings. The van der Waals surface area contributed by atoms with Crippen LogP contribution in [0.3, 0.4) is 0 Å². The summed E-state index contributed by atoms with van der Waals surface area (Å²) in [6.07, 6.45) is 1.09. The highest BCUT2D eigenvalue weighted by molar-refractivity contribution is 7.92. The van der Waals surface area contributed by atoms with Crippen LogP contribution in [0.15, 0.2) is 42.5 Å². The van der Waals surface area contributed by atoms with Crippen LogP contribution in [0, 0.1) is 0 Å². The van der Waals surface area contributed by atoms with E-state index >= 15 is 0 Å². The molecule has 0 aliphatic heterocycles. The molecular weight excluding hydrogens is 312 g/mol. The monoisotopic (exact) mass is 326 g/mol. The average molecular weight is 327 g/mol. The van der Waals surface area contributed by atoms with Crippen LogP contribution in [0.25, 0.3) is 0 Å². The average Bonchev–Trinajstić information content (AvgIpc) is 2.40. The van der Waals surface area contributed by atoms with E-state index in [0.717, 1.165) is 6.26 Å². The van der Waals surface area contributed by atoms with Gasteiger partial charge in [-0.15, -0.1) is 0 Å². The van der Waals surface area contributed by atoms with E-state index in [9.17, 15) is 13.5 Å². The Hall–Kier alpha value is -1.92. The molecule has 5 nitrogen and oxygen atoms in total. The molecule has 2 aromatic carbocycles. The maximum atomic E-state index is 11.3. The zero-order valence-corrected chi connectivity index (χ0v) is 12.9. The molecule has 0 atom stereocenters. The fourth-order valence-corrected chi connectivity index (χ4v) is 2.59. The predicted octanol–water partition coefficient (Wildman–Crippen LogP) is 3.03. The Kier molecular flexibility index (Phi) is 4.59. The number of aromatic hydroxyl groups is 1. The summed E-state index contributed by atoms with van der Waals surface area (Å²) in [7, 11) is -3.36. The van der Waals surface area contributed by atoms with Crippen molar-refractivity contribution in [2.45, 2.75) is 6.54 Å². The van der Waals surface area contributed by atoms with Gasteiger partial charge in [-0.05, 0) is 18.2 Å². The highest BCUT2D eigenvalue weighted by atomic mass is 35.5. The molecule has 0 saturated heterocycles. The lowest BCUT2D eigenvalue weighted by Gasteiger charge is -2.13. The lowest BCUT2D eigenvalue weighted by molar-refractivity contribution is 0.469. The molecule has 0 spiro atoms. The van der Waals surface area contributed by atoms with Crippen molar-refractivity contribution in [1.82, 2.24) is 0 Å². The van der Waals surface area contributed by atoms with E-state index in [0.29, 0.717) is 23.5 Å². The van der Waals surface area contributed by atoms with Gasteiger partial charge in [0.2, 0.25) is 10.0 Å². The van der Waals surface area contributed by atoms with Gasteiger partial charge >= 0.3 is 0 Å². The summed E-state index contributed by atoms with van der Waals surface area (Å²) in [5.41, 5.74) is 1.68. The van der Waals surface area contributed by atoms with Gasteiger partial charge in [0.25, 0.3) is 0 Å². The number of rotatable bonds is 5. The molecule has 2 rings (SSSR count). The molecule has 21 heavy (non-hydrogen) atoms. The van der Waals surface area contributed by atoms with E-state index in [4.69, 9.17) is 11.6 Å². The van der Waals surface area contributed by atoms with Crippen molar-refractivity contribution in [3.8, 4) is 5.75 Å². The molecule has 0 aliphatic carbocycles. The third kappa shape index (κ3) is 4.27. The van der Waals surface area contributed by atoms with E-state index in [1.165, 1.54) is 0 Å². The normalized spacial score (nSPS) is 11.1. The second kappa shape index (κ2) is 6.24. The Bertz CT molecular complexity index is 748. The zero-order valence-electron chi connectivity index (χ0n) is 11.3. The van der Waals surface area contributed by atoms with Crippen LogP contribution in [0.2, 0.25) is 5.02 Å². The summed E-state index contributed by atoms with van der Waals surface area (Å²) in [5, 5.41) is 13.2. The van der Waals surface area contributed by atoms with Crippen LogP contribution in [0.5, 0.6) is 5.75 Å². The number of phenolic OH excluding ortho intramolecular Hbond substituents is 1. The maximum Gasteiger partial charge on any atom is 0.229 e. The molecule has 2 aromatic rings. The summed E-state index contributed by atoms with van der Waals surface area (Å²) in [6, 6.07) is 12.0. The molecule has 3 N–H and O–H groups in total. The minimum absolute atomic E-state index is 0.0141. The minimum Gasteiger partial charge on any atom is -0.506 e. The fourth-order valence-electron chi connectivity index (χ4n) is 1.82. The number of para-hydroxylation sites is 3. The van der Waals surface area contributed by atoms with Crippen molar-refractivity contribution >= 4 is 33.0 Å². The van der Waals surface area contributed by atoms with E-state index < -0.39 is 10.0 Å². The smallest absolute Gasteiger partial charge is 0.229 e. The van der Waals surface area contributed by atoms with Crippen LogP contribution in [0.1, 0.15) is 5.56 Å². The van der Waals surface area contributed by atoms with Crippen molar-refractivity contribution in [1.29, 1.82) is 0 Å². The van der Waals surface area contributed by atoms with Crippen molar-refractivity contribution in [2.24, 2.45) is 0 Å². The Labute approximate surface area is 128 Å². The van der Waals surface area contributed by atoms with Crippen LogP contribution < -0.4 is 10.0 Å². The lowest BCUT2D eigenvalue weighted by Crippen LogP contribution is -2.12. The Morgan fingerprint density at radius 3 is 2.43 bits per heavy atom. The first kappa shape index (κ1) is 15.5. The Morgan fingerprint density at radius 1 is 1.10 bits per heavy atom. The van der Waals surface area contributed by atoms with Crippen molar-refractivity contribution in [3.05, 3.63) is 53.1 Å². The molecular formula is C14H15ClN2O3S. The molecule has 0 aromatic heterocycles. The van der Waals surface area contributed by atoms with Crippen LogP contribution in [-0.2, 0) is 16.6 Å². The number of phenols is 1. The van der Waals surface area contributed by atoms with Gasteiger partial charge < -0.3 is 10.4 Å². The second-order valence-corrected chi connectivity index (χ2v) is 6.68. The largest absolute Gasteiger partial charge is 0.506 e. The molecule has 0 unspecified atom stereocenters. The second-order valence-electron chi connectivity index (χ2n) is 4.52. The molecule has 0 saturated carbocycles. The standard InChI is InChI=1S/C14H15ClN2O3S/c1-21(19,20)17-13-8-3-2-7-12(13)16-9-10-5-4-6-11(15)14(10)18/h2-8,16-18H,9H2,1H3. The number of hydrogen-bond acceptors (Lipinski definition) is 4. The third-order valence-corrected chi connectivity index (χ3v) is 3.66. The number of sulfonamides is 1. The van der Waals surface area contributed by atoms with Gasteiger partial charge in [-0.3, -0.25) is 4.72 Å². The summed E-state index contributed by atoms with van der Waals surface area (Å²) in [4.78, 5) is 0. The summed E-state index contributed by atoms with van der Waals surface area (Å²) in [5.74, 6) is 0.0141. The number of halogens is 1. The molecule has 7 heteroatoms. The number of benzene rings is 2. The Morgan fingerprint density at radius 2 is 1.76 bits per heavy atom. The quantitative estimate of drug-likeness (QED) is 0.789. The Balaban J connectivity index is 2.19. The minimum atomic E-state index is -3.36. The van der Waals surface area contributed by atoms with Gasteiger partial charge in [-0.2, -0.15) is 0 Å². The molecule has 112 valence electrons. The van der Waals surface area contributed by atoms with E-state index in [2.05, 4.69) is 10.0 Å². The summed E-state index contributed by atoms with van der Waals surface area (Å²) >= 11 is 5.84. The number of anilines is 2. The van der Waals surface area contributed by atoms with E-state index in [-0.39, 0.29) is 10.8 Å². The topological polar surface area (TPSA) is 78.4 Å². The lowest BCUT2D eigenvalue weighted by atomic mass is 10.2. The molecule has 0 amide bonds. The summed E-state index contributed by atoms with van der Waals surface area (Å²) < 4.78 is 25.1. The maximum absolute atomic E-state index is 11.3. The van der Waals surface area contributed by atoms with Crippen LogP contribution in [0.4, 0.5) is 11.4 Å². The first-order chi connectivity index (χ1) is 9.87. The highest BCUT2D eigenvalue weighted by Crippen LogP contribution is 2.29. The van der Waals surface area contributed by atoms with Gasteiger partial charge in [0.1, 0.15) is 5.75 Å². The van der Waals surface area contributed by atoms with Crippen molar-refractivity contribution in [2.75, 3.05) is 16.3 Å². The molecule has 0 aliphatic rings. The molecule has 0 radical (unpaired) electrons. The highest BCUT2D eigenvalue weighted by Gasteiger charge is 2.08. The van der Waals surface area contributed by atoms with Gasteiger partial charge in [-0.1, -0.05) is 35.9 Å². The van der Waals surface area contributed by atoms with E-state index in [1.54, 1.807) is 42.5 Å². The van der Waals surface area contributed by atoms with Gasteiger partial charge in [0.05, 0.1) is 22.7 Å². The first-order valence-corrected chi connectivity index (χ1v) is 8.41. The van der Waals surface area contributed by atoms with Crippen LogP contribution >= 0.6 is 11.6 Å². The van der Waals surface area contributed by atoms with Crippen molar-refractivity contribution in [3.63, 3.8) is 0 Å². The fraction of sp³-hybridized carbons (Fsp3) is 0.143. The van der Waals surface area contributed by atoms with Crippen molar-refractivity contribution < 1.29 is 13.5 Å².